The molecule has 0 aliphatic carbocycles. The Hall–Kier alpha value is -0.950. The fourth-order valence-corrected chi connectivity index (χ4v) is 4.52. The number of ether oxygens (including phenoxy) is 1. The number of nitrogens with zero attached hydrogens (tertiary/aromatic N) is 1. The van der Waals surface area contributed by atoms with Gasteiger partial charge in [0.1, 0.15) is 0 Å². The van der Waals surface area contributed by atoms with Gasteiger partial charge in [0.15, 0.2) is 0 Å². The summed E-state index contributed by atoms with van der Waals surface area (Å²) in [6.45, 7) is 4.31. The van der Waals surface area contributed by atoms with E-state index in [0.29, 0.717) is 37.6 Å². The van der Waals surface area contributed by atoms with Gasteiger partial charge in [-0.1, -0.05) is 25.1 Å². The molecule has 0 amide bonds. The van der Waals surface area contributed by atoms with E-state index in [1.165, 1.54) is 0 Å². The molecular formula is C16H26N2O3S. The summed E-state index contributed by atoms with van der Waals surface area (Å²) in [6.07, 6.45) is 3.21. The first-order valence-electron chi connectivity index (χ1n) is 7.99. The van der Waals surface area contributed by atoms with Gasteiger partial charge in [-0.3, -0.25) is 0 Å². The maximum atomic E-state index is 12.8. The average Bonchev–Trinajstić information content (AvgIpc) is 2.55. The fraction of sp³-hybridized carbons (Fsp3) is 0.625. The third-order valence-electron chi connectivity index (χ3n) is 4.07. The van der Waals surface area contributed by atoms with Crippen molar-refractivity contribution in [3.05, 3.63) is 29.8 Å². The van der Waals surface area contributed by atoms with Crippen molar-refractivity contribution in [2.45, 2.75) is 43.6 Å². The Morgan fingerprint density at radius 1 is 1.27 bits per heavy atom. The van der Waals surface area contributed by atoms with Crippen LogP contribution in [-0.2, 0) is 21.2 Å². The van der Waals surface area contributed by atoms with Gasteiger partial charge in [-0.15, -0.1) is 0 Å². The van der Waals surface area contributed by atoms with Crippen molar-refractivity contribution >= 4 is 10.0 Å². The van der Waals surface area contributed by atoms with Crippen LogP contribution in [0, 0.1) is 0 Å². The van der Waals surface area contributed by atoms with E-state index in [9.17, 15) is 8.42 Å². The Morgan fingerprint density at radius 2 is 1.95 bits per heavy atom. The molecule has 2 N–H and O–H groups in total. The molecule has 124 valence electrons. The van der Waals surface area contributed by atoms with Gasteiger partial charge in [0.25, 0.3) is 0 Å². The van der Waals surface area contributed by atoms with Crippen molar-refractivity contribution in [1.82, 2.24) is 4.31 Å². The van der Waals surface area contributed by atoms with Gasteiger partial charge in [0, 0.05) is 19.7 Å². The molecule has 1 saturated heterocycles. The van der Waals surface area contributed by atoms with Crippen LogP contribution in [0.3, 0.4) is 0 Å². The van der Waals surface area contributed by atoms with E-state index in [0.717, 1.165) is 24.8 Å². The predicted molar refractivity (Wildman–Crippen MR) is 87.2 cm³/mol. The molecular weight excluding hydrogens is 300 g/mol. The monoisotopic (exact) mass is 326 g/mol. The van der Waals surface area contributed by atoms with Crippen LogP contribution in [0.4, 0.5) is 0 Å². The van der Waals surface area contributed by atoms with Crippen LogP contribution in [0.15, 0.2) is 29.2 Å². The van der Waals surface area contributed by atoms with E-state index >= 15 is 0 Å². The lowest BCUT2D eigenvalue weighted by Gasteiger charge is -2.31. The number of sulfonamides is 1. The second kappa shape index (κ2) is 8.06. The minimum Gasteiger partial charge on any atom is -0.378 e. The summed E-state index contributed by atoms with van der Waals surface area (Å²) in [5, 5.41) is 0. The van der Waals surface area contributed by atoms with Crippen LogP contribution < -0.4 is 5.73 Å². The summed E-state index contributed by atoms with van der Waals surface area (Å²) in [4.78, 5) is 0.444. The van der Waals surface area contributed by atoms with E-state index in [-0.39, 0.29) is 6.10 Å². The molecule has 0 saturated carbocycles. The summed E-state index contributed by atoms with van der Waals surface area (Å²) < 4.78 is 32.9. The zero-order valence-electron chi connectivity index (χ0n) is 13.2. The number of hydrogen-bond acceptors (Lipinski definition) is 4. The highest BCUT2D eigenvalue weighted by Gasteiger charge is 2.30. The van der Waals surface area contributed by atoms with Crippen molar-refractivity contribution in [3.63, 3.8) is 0 Å². The number of nitrogens with two attached hydrogens (primary N) is 1. The van der Waals surface area contributed by atoms with E-state index < -0.39 is 10.0 Å². The minimum atomic E-state index is -3.40. The van der Waals surface area contributed by atoms with Crippen LogP contribution in [0.2, 0.25) is 0 Å². The zero-order valence-corrected chi connectivity index (χ0v) is 14.0. The first-order chi connectivity index (χ1) is 10.6. The Balaban J connectivity index is 2.00. The molecule has 5 nitrogen and oxygen atoms in total. The van der Waals surface area contributed by atoms with Gasteiger partial charge in [-0.25, -0.2) is 8.42 Å². The number of hydrogen-bond donors (Lipinski definition) is 1. The molecule has 6 heteroatoms. The summed E-state index contributed by atoms with van der Waals surface area (Å²) in [5.41, 5.74) is 6.33. The van der Waals surface area contributed by atoms with E-state index in [2.05, 4.69) is 0 Å². The molecule has 1 heterocycles. The van der Waals surface area contributed by atoms with Gasteiger partial charge in [0.05, 0.1) is 11.0 Å². The molecule has 0 spiro atoms. The molecule has 0 atom stereocenters. The average molecular weight is 326 g/mol. The number of benzene rings is 1. The van der Waals surface area contributed by atoms with Gasteiger partial charge < -0.3 is 10.5 Å². The van der Waals surface area contributed by atoms with E-state index in [1.54, 1.807) is 16.4 Å². The molecule has 0 aromatic heterocycles. The van der Waals surface area contributed by atoms with Crippen molar-refractivity contribution < 1.29 is 13.2 Å². The maximum Gasteiger partial charge on any atom is 0.243 e. The van der Waals surface area contributed by atoms with Crippen LogP contribution in [0.5, 0.6) is 0 Å². The summed E-state index contributed by atoms with van der Waals surface area (Å²) in [5.74, 6) is 0. The maximum absolute atomic E-state index is 12.8. The highest BCUT2D eigenvalue weighted by Crippen LogP contribution is 2.24. The third kappa shape index (κ3) is 4.07. The third-order valence-corrected chi connectivity index (χ3v) is 6.07. The molecule has 1 aromatic carbocycles. The van der Waals surface area contributed by atoms with Crippen LogP contribution in [-0.4, -0.2) is 45.1 Å². The van der Waals surface area contributed by atoms with Crippen molar-refractivity contribution in [1.29, 1.82) is 0 Å². The standard InChI is InChI=1S/C16H26N2O3S/c1-2-14-6-3-4-7-16(14)22(19,20)18-11-8-15(9-12-18)21-13-5-10-17/h3-4,6-7,15H,2,5,8-13,17H2,1H3. The highest BCUT2D eigenvalue weighted by atomic mass is 32.2. The van der Waals surface area contributed by atoms with Crippen LogP contribution >= 0.6 is 0 Å². The lowest BCUT2D eigenvalue weighted by molar-refractivity contribution is 0.0209. The molecule has 0 radical (unpaired) electrons. The van der Waals surface area contributed by atoms with Crippen molar-refractivity contribution in [2.24, 2.45) is 5.73 Å². The lowest BCUT2D eigenvalue weighted by atomic mass is 10.1. The summed E-state index contributed by atoms with van der Waals surface area (Å²) in [6, 6.07) is 7.26. The van der Waals surface area contributed by atoms with Crippen molar-refractivity contribution in [3.8, 4) is 0 Å². The quantitative estimate of drug-likeness (QED) is 0.775. The molecule has 22 heavy (non-hydrogen) atoms. The number of rotatable bonds is 7. The number of piperidine rings is 1. The van der Waals surface area contributed by atoms with E-state index in [1.807, 2.05) is 19.1 Å². The second-order valence-corrected chi connectivity index (χ2v) is 7.48. The molecule has 1 aliphatic heterocycles. The van der Waals surface area contributed by atoms with Gasteiger partial charge in [-0.05, 0) is 43.9 Å². The number of aryl methyl sites for hydroxylation is 1. The first-order valence-corrected chi connectivity index (χ1v) is 9.43. The van der Waals surface area contributed by atoms with Gasteiger partial charge >= 0.3 is 0 Å². The van der Waals surface area contributed by atoms with Crippen LogP contribution in [0.25, 0.3) is 0 Å². The molecule has 1 aromatic rings. The smallest absolute Gasteiger partial charge is 0.243 e. The second-order valence-electron chi connectivity index (χ2n) is 5.58. The Kier molecular flexibility index (Phi) is 6.37. The van der Waals surface area contributed by atoms with E-state index in [4.69, 9.17) is 10.5 Å². The van der Waals surface area contributed by atoms with Crippen molar-refractivity contribution in [2.75, 3.05) is 26.2 Å². The molecule has 0 bridgehead atoms. The lowest BCUT2D eigenvalue weighted by Crippen LogP contribution is -2.41. The van der Waals surface area contributed by atoms with Crippen LogP contribution in [0.1, 0.15) is 31.7 Å². The Labute approximate surface area is 133 Å². The zero-order chi connectivity index (χ0) is 16.0. The topological polar surface area (TPSA) is 72.6 Å². The minimum absolute atomic E-state index is 0.152. The van der Waals surface area contributed by atoms with Gasteiger partial charge in [0.2, 0.25) is 10.0 Å². The predicted octanol–water partition coefficient (Wildman–Crippen LogP) is 1.77. The van der Waals surface area contributed by atoms with Gasteiger partial charge in [-0.2, -0.15) is 4.31 Å². The molecule has 1 fully saturated rings. The SMILES string of the molecule is CCc1ccccc1S(=O)(=O)N1CCC(OCCCN)CC1. The summed E-state index contributed by atoms with van der Waals surface area (Å²) >= 11 is 0. The summed E-state index contributed by atoms with van der Waals surface area (Å²) in [7, 11) is -3.40. The fourth-order valence-electron chi connectivity index (χ4n) is 2.76. The first kappa shape index (κ1) is 17.4. The molecule has 1 aliphatic rings. The largest absolute Gasteiger partial charge is 0.378 e. The molecule has 0 unspecified atom stereocenters. The molecule has 2 rings (SSSR count). The highest BCUT2D eigenvalue weighted by molar-refractivity contribution is 7.89. The Bertz CT molecular complexity index is 567. The Morgan fingerprint density at radius 3 is 2.59 bits per heavy atom. The normalized spacial score (nSPS) is 17.7.